The molecule has 0 unspecified atom stereocenters. The van der Waals surface area contributed by atoms with E-state index in [4.69, 9.17) is 0 Å². The Hall–Kier alpha value is -2.45. The summed E-state index contributed by atoms with van der Waals surface area (Å²) in [5.41, 5.74) is -3.92. The van der Waals surface area contributed by atoms with E-state index in [0.29, 0.717) is 18.2 Å². The predicted molar refractivity (Wildman–Crippen MR) is 65.2 cm³/mol. The normalized spacial score (nSPS) is 12.5. The first-order valence-corrected chi connectivity index (χ1v) is 5.86. The zero-order chi connectivity index (χ0) is 16.9. The minimum atomic E-state index is -5.17. The van der Waals surface area contributed by atoms with Gasteiger partial charge in [0, 0.05) is 6.07 Å². The summed E-state index contributed by atoms with van der Waals surface area (Å²) in [6.07, 6.45) is -5.34. The van der Waals surface area contributed by atoms with E-state index >= 15 is 0 Å². The second-order valence-corrected chi connectivity index (χ2v) is 3.89. The van der Waals surface area contributed by atoms with Crippen LogP contribution in [-0.4, -0.2) is 25.2 Å². The van der Waals surface area contributed by atoms with E-state index < -0.39 is 40.6 Å². The first-order chi connectivity index (χ1) is 10.2. The van der Waals surface area contributed by atoms with E-state index in [1.165, 1.54) is 6.92 Å². The number of amides is 1. The van der Waals surface area contributed by atoms with E-state index in [1.807, 2.05) is 0 Å². The number of hydrogen-bond donors (Lipinski definition) is 1. The maximum absolute atomic E-state index is 13.2. The molecule has 1 aromatic carbocycles. The highest BCUT2D eigenvalue weighted by atomic mass is 19.4. The average Bonchev–Trinajstić information content (AvgIpc) is 2.35. The van der Waals surface area contributed by atoms with Gasteiger partial charge >= 0.3 is 12.1 Å². The van der Waals surface area contributed by atoms with Crippen molar-refractivity contribution in [3.63, 3.8) is 0 Å². The molecule has 0 aliphatic heterocycles. The van der Waals surface area contributed by atoms with Crippen LogP contribution in [0.15, 0.2) is 23.9 Å². The smallest absolute Gasteiger partial charge is 0.419 e. The highest BCUT2D eigenvalue weighted by Gasteiger charge is 2.40. The Kier molecular flexibility index (Phi) is 5.61. The number of nitrogens with one attached hydrogen (secondary N) is 1. The highest BCUT2D eigenvalue weighted by molar-refractivity contribution is 6.00. The Morgan fingerprint density at radius 1 is 1.23 bits per heavy atom. The van der Waals surface area contributed by atoms with Gasteiger partial charge in [0.1, 0.15) is 17.3 Å². The van der Waals surface area contributed by atoms with Crippen LogP contribution in [0.4, 0.5) is 22.0 Å². The summed E-state index contributed by atoms with van der Waals surface area (Å²) in [6.45, 7) is 1.08. The molecule has 22 heavy (non-hydrogen) atoms. The van der Waals surface area contributed by atoms with Crippen LogP contribution in [0.3, 0.4) is 0 Å². The van der Waals surface area contributed by atoms with E-state index in [9.17, 15) is 31.5 Å². The fourth-order valence-corrected chi connectivity index (χ4v) is 1.64. The number of hydrogen-bond acceptors (Lipinski definition) is 3. The van der Waals surface area contributed by atoms with Gasteiger partial charge in [-0.1, -0.05) is 0 Å². The molecule has 4 nitrogen and oxygen atoms in total. The lowest BCUT2D eigenvalue weighted by Crippen LogP contribution is -2.27. The molecule has 0 atom stereocenters. The molecule has 0 aliphatic carbocycles. The lowest BCUT2D eigenvalue weighted by molar-refractivity contribution is -0.140. The van der Waals surface area contributed by atoms with Crippen molar-refractivity contribution in [2.75, 3.05) is 6.61 Å². The Morgan fingerprint density at radius 2 is 1.77 bits per heavy atom. The molecule has 0 heterocycles. The van der Waals surface area contributed by atoms with Crippen molar-refractivity contribution in [1.29, 1.82) is 0 Å². The van der Waals surface area contributed by atoms with Crippen molar-refractivity contribution in [3.05, 3.63) is 41.1 Å². The molecule has 1 aromatic rings. The van der Waals surface area contributed by atoms with Crippen LogP contribution in [-0.2, 0) is 14.3 Å². The molecule has 0 bridgehead atoms. The number of allylic oxidation sites excluding steroid dienone is 1. The van der Waals surface area contributed by atoms with Gasteiger partial charge in [-0.15, -0.1) is 0 Å². The minimum Gasteiger partial charge on any atom is -0.461 e. The van der Waals surface area contributed by atoms with Gasteiger partial charge in [0.2, 0.25) is 6.41 Å². The van der Waals surface area contributed by atoms with Crippen LogP contribution in [0.2, 0.25) is 0 Å². The largest absolute Gasteiger partial charge is 0.461 e. The van der Waals surface area contributed by atoms with E-state index in [-0.39, 0.29) is 13.0 Å². The third-order valence-electron chi connectivity index (χ3n) is 2.37. The molecule has 0 saturated heterocycles. The Bertz CT molecular complexity index is 590. The number of halogens is 5. The first kappa shape index (κ1) is 17.6. The molecule has 120 valence electrons. The zero-order valence-electron chi connectivity index (χ0n) is 11.1. The molecule has 0 aliphatic rings. The van der Waals surface area contributed by atoms with Crippen molar-refractivity contribution in [3.8, 4) is 0 Å². The second kappa shape index (κ2) is 7.01. The minimum absolute atomic E-state index is 0.173. The standard InChI is InChI=1S/C13H10F5NO3/c1-2-22-12(21)11(19-6-20)10(13(16,17)18)7-3-8(14)5-9(15)4-7/h3-6H,2H2,1H3,(H,19,20). The fourth-order valence-electron chi connectivity index (χ4n) is 1.64. The lowest BCUT2D eigenvalue weighted by atomic mass is 10.0. The molecular weight excluding hydrogens is 313 g/mol. The van der Waals surface area contributed by atoms with Gasteiger partial charge in [-0.3, -0.25) is 4.79 Å². The molecule has 1 rings (SSSR count). The third kappa shape index (κ3) is 4.27. The van der Waals surface area contributed by atoms with Gasteiger partial charge in [0.15, 0.2) is 0 Å². The zero-order valence-corrected chi connectivity index (χ0v) is 11.1. The van der Waals surface area contributed by atoms with Gasteiger partial charge in [-0.05, 0) is 24.6 Å². The summed E-state index contributed by atoms with van der Waals surface area (Å²) in [5.74, 6) is -4.02. The molecule has 9 heteroatoms. The van der Waals surface area contributed by atoms with Gasteiger partial charge in [0.05, 0.1) is 12.2 Å². The van der Waals surface area contributed by atoms with Crippen LogP contribution in [0.5, 0.6) is 0 Å². The number of ether oxygens (including phenoxy) is 1. The molecule has 1 N–H and O–H groups in total. The van der Waals surface area contributed by atoms with Gasteiger partial charge in [0.25, 0.3) is 0 Å². The van der Waals surface area contributed by atoms with Crippen LogP contribution >= 0.6 is 0 Å². The number of carbonyl (C=O) groups excluding carboxylic acids is 2. The Morgan fingerprint density at radius 3 is 2.18 bits per heavy atom. The van der Waals surface area contributed by atoms with Gasteiger partial charge in [-0.25, -0.2) is 13.6 Å². The average molecular weight is 323 g/mol. The molecular formula is C13H10F5NO3. The van der Waals surface area contributed by atoms with E-state index in [1.54, 1.807) is 5.32 Å². The molecule has 0 fully saturated rings. The molecule has 0 saturated carbocycles. The third-order valence-corrected chi connectivity index (χ3v) is 2.37. The summed E-state index contributed by atoms with van der Waals surface area (Å²) in [5, 5.41) is 1.57. The number of carbonyl (C=O) groups is 2. The number of alkyl halides is 3. The Labute approximate surface area is 121 Å². The number of esters is 1. The SMILES string of the molecule is CCOC(=O)C(NC=O)=C(c1cc(F)cc(F)c1)C(F)(F)F. The summed E-state index contributed by atoms with van der Waals surface area (Å²) >= 11 is 0. The number of benzene rings is 1. The fraction of sp³-hybridized carbons (Fsp3) is 0.231. The van der Waals surface area contributed by atoms with E-state index in [0.717, 1.165) is 0 Å². The van der Waals surface area contributed by atoms with Gasteiger partial charge < -0.3 is 10.1 Å². The summed E-state index contributed by atoms with van der Waals surface area (Å²) in [4.78, 5) is 22.0. The molecule has 1 amide bonds. The highest BCUT2D eigenvalue weighted by Crippen LogP contribution is 2.36. The van der Waals surface area contributed by atoms with Crippen LogP contribution in [0.1, 0.15) is 12.5 Å². The van der Waals surface area contributed by atoms with Crippen LogP contribution in [0, 0.1) is 11.6 Å². The maximum Gasteiger partial charge on any atom is 0.419 e. The lowest BCUT2D eigenvalue weighted by Gasteiger charge is -2.17. The number of rotatable bonds is 5. The first-order valence-electron chi connectivity index (χ1n) is 5.86. The van der Waals surface area contributed by atoms with Crippen molar-refractivity contribution in [2.45, 2.75) is 13.1 Å². The van der Waals surface area contributed by atoms with Crippen molar-refractivity contribution in [2.24, 2.45) is 0 Å². The molecule has 0 aromatic heterocycles. The summed E-state index contributed by atoms with van der Waals surface area (Å²) in [6, 6.07) is 1.14. The quantitative estimate of drug-likeness (QED) is 0.392. The summed E-state index contributed by atoms with van der Waals surface area (Å²) < 4.78 is 70.2. The predicted octanol–water partition coefficient (Wildman–Crippen LogP) is 2.55. The second-order valence-electron chi connectivity index (χ2n) is 3.89. The van der Waals surface area contributed by atoms with Crippen molar-refractivity contribution >= 4 is 18.0 Å². The van der Waals surface area contributed by atoms with Crippen LogP contribution < -0.4 is 5.32 Å². The van der Waals surface area contributed by atoms with Gasteiger partial charge in [-0.2, -0.15) is 13.2 Å². The van der Waals surface area contributed by atoms with E-state index in [2.05, 4.69) is 4.74 Å². The van der Waals surface area contributed by atoms with Crippen molar-refractivity contribution < 1.29 is 36.3 Å². The Balaban J connectivity index is 3.63. The summed E-state index contributed by atoms with van der Waals surface area (Å²) in [7, 11) is 0. The monoisotopic (exact) mass is 323 g/mol. The van der Waals surface area contributed by atoms with Crippen LogP contribution in [0.25, 0.3) is 5.57 Å². The molecule has 0 radical (unpaired) electrons. The maximum atomic E-state index is 13.2. The molecule has 0 spiro atoms. The topological polar surface area (TPSA) is 55.4 Å². The van der Waals surface area contributed by atoms with Crippen molar-refractivity contribution in [1.82, 2.24) is 5.32 Å².